The maximum atomic E-state index is 12.5. The molecule has 3 rings (SSSR count). The summed E-state index contributed by atoms with van der Waals surface area (Å²) in [5.74, 6) is -0.412. The number of piperidine rings is 1. The molecule has 5 heteroatoms. The Kier molecular flexibility index (Phi) is 6.12. The van der Waals surface area contributed by atoms with Crippen LogP contribution in [0.1, 0.15) is 19.8 Å². The molecule has 1 amide bonds. The second kappa shape index (κ2) is 8.71. The van der Waals surface area contributed by atoms with Crippen LogP contribution in [0.3, 0.4) is 0 Å². The highest BCUT2D eigenvalue weighted by atomic mass is 16.5. The van der Waals surface area contributed by atoms with Crippen LogP contribution in [0.15, 0.2) is 54.6 Å². The number of nitrogens with zero attached hydrogens (tertiary/aromatic N) is 1. The van der Waals surface area contributed by atoms with Gasteiger partial charge in [0, 0.05) is 18.7 Å². The van der Waals surface area contributed by atoms with E-state index >= 15 is 0 Å². The van der Waals surface area contributed by atoms with E-state index in [0.29, 0.717) is 19.5 Å². The molecule has 1 aliphatic rings. The molecule has 0 spiro atoms. The van der Waals surface area contributed by atoms with Gasteiger partial charge in [-0.3, -0.25) is 9.59 Å². The van der Waals surface area contributed by atoms with Crippen molar-refractivity contribution in [2.24, 2.45) is 11.8 Å². The Bertz CT molecular complexity index is 790. The van der Waals surface area contributed by atoms with Crippen LogP contribution in [-0.2, 0) is 9.59 Å². The van der Waals surface area contributed by atoms with Gasteiger partial charge in [0.25, 0.3) is 0 Å². The zero-order valence-electron chi connectivity index (χ0n) is 15.5. The molecule has 0 aliphatic carbocycles. The van der Waals surface area contributed by atoms with E-state index in [4.69, 9.17) is 4.74 Å². The minimum atomic E-state index is -0.826. The molecule has 2 atom stereocenters. The number of carboxylic acids is 1. The maximum Gasteiger partial charge on any atom is 0.308 e. The van der Waals surface area contributed by atoms with Crippen LogP contribution in [0.2, 0.25) is 0 Å². The molecule has 1 saturated heterocycles. The number of benzene rings is 2. The van der Waals surface area contributed by atoms with Crippen molar-refractivity contribution in [2.45, 2.75) is 19.8 Å². The number of likely N-dealkylation sites (tertiary alicyclic amines) is 1. The van der Waals surface area contributed by atoms with Crippen molar-refractivity contribution in [3.05, 3.63) is 54.6 Å². The summed E-state index contributed by atoms with van der Waals surface area (Å²) in [4.78, 5) is 25.5. The molecule has 142 valence electrons. The van der Waals surface area contributed by atoms with Crippen LogP contribution >= 0.6 is 0 Å². The Morgan fingerprint density at radius 2 is 1.78 bits per heavy atom. The van der Waals surface area contributed by atoms with Gasteiger partial charge in [0.15, 0.2) is 0 Å². The average Bonchev–Trinajstić information content (AvgIpc) is 2.68. The Hall–Kier alpha value is -2.82. The summed E-state index contributed by atoms with van der Waals surface area (Å²) >= 11 is 0. The topological polar surface area (TPSA) is 66.8 Å². The Balaban J connectivity index is 1.59. The second-order valence-corrected chi connectivity index (χ2v) is 7.14. The number of hydrogen-bond donors (Lipinski definition) is 1. The van der Waals surface area contributed by atoms with Crippen LogP contribution in [0, 0.1) is 11.8 Å². The van der Waals surface area contributed by atoms with E-state index in [1.807, 2.05) is 61.5 Å². The molecule has 1 fully saturated rings. The molecule has 0 saturated carbocycles. The fraction of sp³-hybridized carbons (Fsp3) is 0.364. The number of amides is 1. The number of hydrogen-bond acceptors (Lipinski definition) is 3. The first-order valence-electron chi connectivity index (χ1n) is 9.32. The van der Waals surface area contributed by atoms with Crippen molar-refractivity contribution >= 4 is 11.9 Å². The van der Waals surface area contributed by atoms with E-state index in [1.165, 1.54) is 0 Å². The van der Waals surface area contributed by atoms with Crippen molar-refractivity contribution < 1.29 is 19.4 Å². The molecule has 5 nitrogen and oxygen atoms in total. The number of aliphatic carboxylic acids is 1. The summed E-state index contributed by atoms with van der Waals surface area (Å²) in [6.45, 7) is 3.16. The molecule has 0 radical (unpaired) electrons. The predicted octanol–water partition coefficient (Wildman–Crippen LogP) is 3.69. The fourth-order valence-electron chi connectivity index (χ4n) is 3.59. The third kappa shape index (κ3) is 4.88. The quantitative estimate of drug-likeness (QED) is 0.845. The molecule has 1 N–H and O–H groups in total. The summed E-state index contributed by atoms with van der Waals surface area (Å²) in [6, 6.07) is 17.7. The van der Waals surface area contributed by atoms with Gasteiger partial charge in [0.1, 0.15) is 5.75 Å². The minimum Gasteiger partial charge on any atom is -0.492 e. The minimum absolute atomic E-state index is 0.0509. The lowest BCUT2D eigenvalue weighted by Gasteiger charge is -2.34. The summed E-state index contributed by atoms with van der Waals surface area (Å²) in [7, 11) is 0. The second-order valence-electron chi connectivity index (χ2n) is 7.14. The third-order valence-electron chi connectivity index (χ3n) is 4.91. The molecule has 0 aromatic heterocycles. The summed E-state index contributed by atoms with van der Waals surface area (Å²) in [5, 5.41) is 9.26. The first kappa shape index (κ1) is 19.0. The zero-order valence-corrected chi connectivity index (χ0v) is 15.5. The molecule has 2 aromatic rings. The number of carbonyl (C=O) groups excluding carboxylic acids is 1. The average molecular weight is 367 g/mol. The maximum absolute atomic E-state index is 12.5. The molecule has 2 aromatic carbocycles. The van der Waals surface area contributed by atoms with Gasteiger partial charge in [-0.05, 0) is 24.0 Å². The van der Waals surface area contributed by atoms with Crippen molar-refractivity contribution in [1.29, 1.82) is 0 Å². The SMILES string of the molecule is CC1CC(C(=O)O)CN(C(=O)CCOc2ccccc2-c2ccccc2)C1. The van der Waals surface area contributed by atoms with Gasteiger partial charge in [-0.1, -0.05) is 55.5 Å². The predicted molar refractivity (Wildman–Crippen MR) is 103 cm³/mol. The van der Waals surface area contributed by atoms with Gasteiger partial charge >= 0.3 is 5.97 Å². The van der Waals surface area contributed by atoms with E-state index in [9.17, 15) is 14.7 Å². The molecule has 0 bridgehead atoms. The van der Waals surface area contributed by atoms with Crippen molar-refractivity contribution in [2.75, 3.05) is 19.7 Å². The monoisotopic (exact) mass is 367 g/mol. The lowest BCUT2D eigenvalue weighted by molar-refractivity contribution is -0.147. The Morgan fingerprint density at radius 1 is 1.07 bits per heavy atom. The van der Waals surface area contributed by atoms with E-state index < -0.39 is 11.9 Å². The highest BCUT2D eigenvalue weighted by Gasteiger charge is 2.31. The van der Waals surface area contributed by atoms with Gasteiger partial charge in [-0.25, -0.2) is 0 Å². The number of carboxylic acid groups (broad SMARTS) is 1. The molecular weight excluding hydrogens is 342 g/mol. The highest BCUT2D eigenvalue weighted by Crippen LogP contribution is 2.29. The van der Waals surface area contributed by atoms with Gasteiger partial charge in [-0.2, -0.15) is 0 Å². The van der Waals surface area contributed by atoms with E-state index in [0.717, 1.165) is 16.9 Å². The van der Waals surface area contributed by atoms with Gasteiger partial charge in [0.05, 0.1) is 18.9 Å². The lowest BCUT2D eigenvalue weighted by Crippen LogP contribution is -2.45. The molecule has 1 aliphatic heterocycles. The Labute approximate surface area is 159 Å². The van der Waals surface area contributed by atoms with Crippen LogP contribution in [0.4, 0.5) is 0 Å². The van der Waals surface area contributed by atoms with Crippen molar-refractivity contribution in [1.82, 2.24) is 4.90 Å². The lowest BCUT2D eigenvalue weighted by atomic mass is 9.90. The summed E-state index contributed by atoms with van der Waals surface area (Å²) < 4.78 is 5.89. The van der Waals surface area contributed by atoms with E-state index in [-0.39, 0.29) is 24.9 Å². The van der Waals surface area contributed by atoms with Crippen LogP contribution in [-0.4, -0.2) is 41.6 Å². The van der Waals surface area contributed by atoms with Gasteiger partial charge in [0.2, 0.25) is 5.91 Å². The largest absolute Gasteiger partial charge is 0.492 e. The third-order valence-corrected chi connectivity index (χ3v) is 4.91. The normalized spacial score (nSPS) is 19.5. The van der Waals surface area contributed by atoms with Crippen molar-refractivity contribution in [3.8, 4) is 16.9 Å². The standard InChI is InChI=1S/C22H25NO4/c1-16-13-18(22(25)26)15-23(14-16)21(24)11-12-27-20-10-6-5-9-19(20)17-7-3-2-4-8-17/h2-10,16,18H,11-15H2,1H3,(H,25,26). The van der Waals surface area contributed by atoms with E-state index in [2.05, 4.69) is 0 Å². The fourth-order valence-corrected chi connectivity index (χ4v) is 3.59. The first-order chi connectivity index (χ1) is 13.0. The molecular formula is C22H25NO4. The first-order valence-corrected chi connectivity index (χ1v) is 9.32. The van der Waals surface area contributed by atoms with Gasteiger partial charge in [-0.15, -0.1) is 0 Å². The number of ether oxygens (including phenoxy) is 1. The van der Waals surface area contributed by atoms with Crippen LogP contribution in [0.25, 0.3) is 11.1 Å². The highest BCUT2D eigenvalue weighted by molar-refractivity contribution is 5.78. The molecule has 27 heavy (non-hydrogen) atoms. The molecule has 1 heterocycles. The van der Waals surface area contributed by atoms with Crippen LogP contribution < -0.4 is 4.74 Å². The number of para-hydroxylation sites is 1. The molecule has 2 unspecified atom stereocenters. The van der Waals surface area contributed by atoms with Gasteiger partial charge < -0.3 is 14.7 Å². The summed E-state index contributed by atoms with van der Waals surface area (Å²) in [5.41, 5.74) is 2.05. The van der Waals surface area contributed by atoms with Crippen LogP contribution in [0.5, 0.6) is 5.75 Å². The smallest absolute Gasteiger partial charge is 0.308 e. The Morgan fingerprint density at radius 3 is 2.52 bits per heavy atom. The zero-order chi connectivity index (χ0) is 19.2. The number of carbonyl (C=O) groups is 2. The number of rotatable bonds is 6. The van der Waals surface area contributed by atoms with E-state index in [1.54, 1.807) is 4.90 Å². The summed E-state index contributed by atoms with van der Waals surface area (Å²) in [6.07, 6.45) is 0.863. The van der Waals surface area contributed by atoms with Crippen molar-refractivity contribution in [3.63, 3.8) is 0 Å².